The van der Waals surface area contributed by atoms with Crippen LogP contribution in [0.15, 0.2) is 72.1 Å². The molecular formula is C26H33NO4SSi. The normalized spacial score (nSPS) is 23.6. The van der Waals surface area contributed by atoms with Gasteiger partial charge in [-0.2, -0.15) is 0 Å². The fourth-order valence-corrected chi connectivity index (χ4v) is 11.1. The first-order valence-corrected chi connectivity index (χ1v) is 15.2. The maximum atomic E-state index is 13.0. The van der Waals surface area contributed by atoms with E-state index in [4.69, 9.17) is 4.43 Å². The van der Waals surface area contributed by atoms with E-state index in [1.807, 2.05) is 41.3 Å². The number of nitrogens with zero attached hydrogens (tertiary/aromatic N) is 1. The maximum Gasteiger partial charge on any atom is 0.261 e. The highest BCUT2D eigenvalue weighted by molar-refractivity contribution is 7.94. The Bertz CT molecular complexity index is 1100. The molecule has 3 atom stereocenters. The molecule has 0 saturated carbocycles. The smallest absolute Gasteiger partial charge is 0.261 e. The van der Waals surface area contributed by atoms with Crippen molar-refractivity contribution in [3.05, 3.63) is 72.1 Å². The summed E-state index contributed by atoms with van der Waals surface area (Å²) in [7, 11) is -6.29. The minimum Gasteiger partial charge on any atom is -0.402 e. The van der Waals surface area contributed by atoms with E-state index in [9.17, 15) is 13.2 Å². The molecule has 176 valence electrons. The predicted octanol–water partition coefficient (Wildman–Crippen LogP) is 3.11. The van der Waals surface area contributed by atoms with Gasteiger partial charge in [-0.25, -0.2) is 8.42 Å². The highest BCUT2D eigenvalue weighted by Crippen LogP contribution is 2.44. The van der Waals surface area contributed by atoms with Crippen LogP contribution in [0.25, 0.3) is 0 Å². The fraction of sp³-hybridized carbons (Fsp3) is 0.423. The summed E-state index contributed by atoms with van der Waals surface area (Å²) in [4.78, 5) is 15.0. The molecule has 4 rings (SSSR count). The molecule has 0 bridgehead atoms. The summed E-state index contributed by atoms with van der Waals surface area (Å²) in [5.41, 5.74) is 0. The molecule has 0 aliphatic carbocycles. The second-order valence-corrected chi connectivity index (χ2v) is 16.6. The summed E-state index contributed by atoms with van der Waals surface area (Å²) < 4.78 is 31.9. The highest BCUT2D eigenvalue weighted by Gasteiger charge is 2.57. The van der Waals surface area contributed by atoms with Crippen molar-refractivity contribution >= 4 is 34.4 Å². The Morgan fingerprint density at radius 1 is 1.03 bits per heavy atom. The molecule has 0 radical (unpaired) electrons. The molecule has 1 amide bonds. The first-order valence-electron chi connectivity index (χ1n) is 11.4. The number of benzene rings is 2. The molecular weight excluding hydrogens is 450 g/mol. The van der Waals surface area contributed by atoms with Gasteiger partial charge in [-0.15, -0.1) is 0 Å². The van der Waals surface area contributed by atoms with E-state index in [1.54, 1.807) is 0 Å². The highest BCUT2D eigenvalue weighted by atomic mass is 32.2. The number of amides is 1. The molecule has 0 aromatic heterocycles. The number of carbonyl (C=O) groups excluding carboxylic acids is 1. The minimum absolute atomic E-state index is 0.0340. The van der Waals surface area contributed by atoms with Gasteiger partial charge in [-0.3, -0.25) is 4.79 Å². The van der Waals surface area contributed by atoms with Gasteiger partial charge in [0.1, 0.15) is 0 Å². The van der Waals surface area contributed by atoms with Crippen LogP contribution in [0, 0.1) is 5.92 Å². The second-order valence-electron chi connectivity index (χ2n) is 10.2. The lowest BCUT2D eigenvalue weighted by Crippen LogP contribution is -2.68. The van der Waals surface area contributed by atoms with Crippen LogP contribution in [0.3, 0.4) is 0 Å². The third-order valence-electron chi connectivity index (χ3n) is 7.17. The number of fused-ring (bicyclic) bond motifs is 1. The Kier molecular flexibility index (Phi) is 6.18. The van der Waals surface area contributed by atoms with Gasteiger partial charge in [-0.1, -0.05) is 88.0 Å². The van der Waals surface area contributed by atoms with E-state index in [0.717, 1.165) is 10.4 Å². The van der Waals surface area contributed by atoms with Crippen LogP contribution >= 0.6 is 0 Å². The van der Waals surface area contributed by atoms with Crippen molar-refractivity contribution in [2.75, 3.05) is 12.8 Å². The van der Waals surface area contributed by atoms with Crippen molar-refractivity contribution in [1.82, 2.24) is 4.90 Å². The van der Waals surface area contributed by atoms with Crippen LogP contribution in [0.4, 0.5) is 0 Å². The molecule has 2 aromatic rings. The summed E-state index contributed by atoms with van der Waals surface area (Å²) in [6.45, 7) is 11.1. The van der Waals surface area contributed by atoms with Crippen LogP contribution in [0.2, 0.25) is 5.04 Å². The number of hydrogen-bond acceptors (Lipinski definition) is 4. The molecule has 7 heteroatoms. The summed E-state index contributed by atoms with van der Waals surface area (Å²) in [5, 5.41) is 2.06. The SMILES string of the molecule is C=C([C@H]1CCN2C(=O)C[C@H](O[Si](c3ccccc3)(c3ccccc3)C(C)(C)C)[C@H]12)S(C)(=O)=O. The summed E-state index contributed by atoms with van der Waals surface area (Å²) >= 11 is 0. The minimum atomic E-state index is -3.42. The van der Waals surface area contributed by atoms with Gasteiger partial charge in [0.05, 0.1) is 18.6 Å². The Balaban J connectivity index is 1.84. The van der Waals surface area contributed by atoms with E-state index in [-0.39, 0.29) is 34.2 Å². The summed E-state index contributed by atoms with van der Waals surface area (Å²) in [5.74, 6) is -0.276. The average molecular weight is 484 g/mol. The Hall–Kier alpha value is -2.22. The van der Waals surface area contributed by atoms with Gasteiger partial charge in [0.2, 0.25) is 5.91 Å². The van der Waals surface area contributed by atoms with Crippen molar-refractivity contribution in [2.24, 2.45) is 5.92 Å². The first kappa shape index (κ1) is 23.9. The third-order valence-corrected chi connectivity index (χ3v) is 13.5. The number of rotatable bonds is 6. The largest absolute Gasteiger partial charge is 0.402 e. The van der Waals surface area contributed by atoms with Gasteiger partial charge in [0, 0.05) is 23.6 Å². The van der Waals surface area contributed by atoms with Crippen LogP contribution in [-0.4, -0.2) is 52.5 Å². The topological polar surface area (TPSA) is 63.7 Å². The molecule has 2 saturated heterocycles. The summed E-state index contributed by atoms with van der Waals surface area (Å²) in [6.07, 6.45) is 1.67. The Morgan fingerprint density at radius 2 is 1.55 bits per heavy atom. The molecule has 2 aliphatic rings. The molecule has 2 aromatic carbocycles. The lowest BCUT2D eigenvalue weighted by Gasteiger charge is -2.45. The van der Waals surface area contributed by atoms with Crippen LogP contribution in [0.1, 0.15) is 33.6 Å². The van der Waals surface area contributed by atoms with Crippen molar-refractivity contribution in [3.63, 3.8) is 0 Å². The number of hydrogen-bond donors (Lipinski definition) is 0. The Labute approximate surface area is 198 Å². The fourth-order valence-electron chi connectivity index (χ4n) is 5.63. The molecule has 0 unspecified atom stereocenters. The van der Waals surface area contributed by atoms with E-state index < -0.39 is 24.3 Å². The predicted molar refractivity (Wildman–Crippen MR) is 135 cm³/mol. The average Bonchev–Trinajstić information content (AvgIpc) is 3.32. The Morgan fingerprint density at radius 3 is 2.00 bits per heavy atom. The molecule has 0 N–H and O–H groups in total. The van der Waals surface area contributed by atoms with E-state index in [1.165, 1.54) is 6.26 Å². The van der Waals surface area contributed by atoms with Gasteiger partial charge < -0.3 is 9.33 Å². The lowest BCUT2D eigenvalue weighted by atomic mass is 9.96. The van der Waals surface area contributed by atoms with E-state index >= 15 is 0 Å². The van der Waals surface area contributed by atoms with Gasteiger partial charge >= 0.3 is 0 Å². The zero-order chi connectivity index (χ0) is 24.0. The van der Waals surface area contributed by atoms with Crippen molar-refractivity contribution in [2.45, 2.75) is 50.8 Å². The zero-order valence-corrected chi connectivity index (χ0v) is 21.6. The van der Waals surface area contributed by atoms with Crippen LogP contribution in [-0.2, 0) is 19.1 Å². The maximum absolute atomic E-state index is 13.0. The van der Waals surface area contributed by atoms with Crippen molar-refractivity contribution < 1.29 is 17.6 Å². The first-order chi connectivity index (χ1) is 15.5. The van der Waals surface area contributed by atoms with Gasteiger partial charge in [0.15, 0.2) is 9.84 Å². The molecule has 2 aliphatic heterocycles. The van der Waals surface area contributed by atoms with Gasteiger partial charge in [-0.05, 0) is 21.8 Å². The number of carbonyl (C=O) groups is 1. The van der Waals surface area contributed by atoms with Crippen molar-refractivity contribution in [3.8, 4) is 0 Å². The van der Waals surface area contributed by atoms with Crippen LogP contribution in [0.5, 0.6) is 0 Å². The quantitative estimate of drug-likeness (QED) is 0.593. The molecule has 2 heterocycles. The standard InChI is InChI=1S/C26H33NO4SSi/c1-19(32(5,29)30)22-16-17-27-24(28)18-23(25(22)27)31-33(26(2,3)4,20-12-8-6-9-13-20)21-14-10-7-11-15-21/h6-15,22-23,25H,1,16-18H2,2-5H3/t22-,23+,25+/m1/s1. The summed E-state index contributed by atoms with van der Waals surface area (Å²) in [6, 6.07) is 20.3. The van der Waals surface area contributed by atoms with Gasteiger partial charge in [0.25, 0.3) is 8.32 Å². The lowest BCUT2D eigenvalue weighted by molar-refractivity contribution is -0.128. The molecule has 33 heavy (non-hydrogen) atoms. The van der Waals surface area contributed by atoms with E-state index in [0.29, 0.717) is 13.0 Å². The molecule has 2 fully saturated rings. The third kappa shape index (κ3) is 4.11. The number of sulfone groups is 1. The van der Waals surface area contributed by atoms with Crippen molar-refractivity contribution in [1.29, 1.82) is 0 Å². The molecule has 0 spiro atoms. The van der Waals surface area contributed by atoms with E-state index in [2.05, 4.69) is 51.6 Å². The monoisotopic (exact) mass is 483 g/mol. The zero-order valence-electron chi connectivity index (χ0n) is 19.8. The van der Waals surface area contributed by atoms with Crippen LogP contribution < -0.4 is 10.4 Å². The molecule has 5 nitrogen and oxygen atoms in total. The second kappa shape index (κ2) is 8.53.